The highest BCUT2D eigenvalue weighted by Gasteiger charge is 2.29. The zero-order valence-electron chi connectivity index (χ0n) is 10.3. The van der Waals surface area contributed by atoms with Crippen molar-refractivity contribution in [3.63, 3.8) is 0 Å². The van der Waals surface area contributed by atoms with E-state index < -0.39 is 10.0 Å². The molecule has 1 fully saturated rings. The van der Waals surface area contributed by atoms with Crippen LogP contribution < -0.4 is 10.5 Å². The van der Waals surface area contributed by atoms with E-state index in [-0.39, 0.29) is 14.9 Å². The van der Waals surface area contributed by atoms with Gasteiger partial charge in [0.1, 0.15) is 0 Å². The molecule has 1 aliphatic carbocycles. The third-order valence-electron chi connectivity index (χ3n) is 3.40. The Morgan fingerprint density at radius 1 is 1.33 bits per heavy atom. The molecule has 0 saturated heterocycles. The summed E-state index contributed by atoms with van der Waals surface area (Å²) in [5.41, 5.74) is 5.45. The third-order valence-corrected chi connectivity index (χ3v) is 5.92. The minimum Gasteiger partial charge on any atom is -0.374 e. The van der Waals surface area contributed by atoms with E-state index in [1.165, 1.54) is 19.3 Å². The highest BCUT2D eigenvalue weighted by Crippen LogP contribution is 2.35. The van der Waals surface area contributed by atoms with E-state index in [1.807, 2.05) is 0 Å². The molecule has 0 bridgehead atoms. The van der Waals surface area contributed by atoms with Crippen molar-refractivity contribution in [2.24, 2.45) is 5.41 Å². The molecule has 18 heavy (non-hydrogen) atoms. The van der Waals surface area contributed by atoms with Crippen molar-refractivity contribution in [2.75, 3.05) is 12.3 Å². The van der Waals surface area contributed by atoms with Crippen LogP contribution in [0.5, 0.6) is 0 Å². The first-order chi connectivity index (χ1) is 8.41. The first-order valence-electron chi connectivity index (χ1n) is 6.00. The number of nitrogens with two attached hydrogens (primary N) is 1. The summed E-state index contributed by atoms with van der Waals surface area (Å²) >= 11 is 0.885. The predicted octanol–water partition coefficient (Wildman–Crippen LogP) is 1.37. The van der Waals surface area contributed by atoms with E-state index in [1.54, 1.807) is 0 Å². The van der Waals surface area contributed by atoms with Gasteiger partial charge < -0.3 is 5.73 Å². The largest absolute Gasteiger partial charge is 0.374 e. The molecule has 0 radical (unpaired) electrons. The van der Waals surface area contributed by atoms with E-state index in [4.69, 9.17) is 5.73 Å². The second-order valence-electron chi connectivity index (χ2n) is 5.10. The highest BCUT2D eigenvalue weighted by molar-refractivity contribution is 7.91. The number of aromatic nitrogens is 2. The lowest BCUT2D eigenvalue weighted by Gasteiger charge is -2.33. The Bertz CT molecular complexity index is 506. The Labute approximate surface area is 111 Å². The number of hydrogen-bond acceptors (Lipinski definition) is 6. The van der Waals surface area contributed by atoms with Gasteiger partial charge in [0.25, 0.3) is 10.0 Å². The summed E-state index contributed by atoms with van der Waals surface area (Å²) in [6.07, 6.45) is 5.71. The Hall–Kier alpha value is -0.730. The SMILES string of the molecule is CC1(CNS(=O)(=O)c2nnc(N)s2)CCCCC1. The molecule has 1 aromatic rings. The molecule has 0 amide bonds. The maximum atomic E-state index is 12.0. The number of anilines is 1. The maximum absolute atomic E-state index is 12.0. The fourth-order valence-corrected chi connectivity index (χ4v) is 4.27. The Morgan fingerprint density at radius 3 is 2.56 bits per heavy atom. The van der Waals surface area contributed by atoms with Gasteiger partial charge in [0, 0.05) is 6.54 Å². The van der Waals surface area contributed by atoms with Crippen LogP contribution in [0.25, 0.3) is 0 Å². The summed E-state index contributed by atoms with van der Waals surface area (Å²) in [5.74, 6) is 0. The minimum absolute atomic E-state index is 0.0561. The quantitative estimate of drug-likeness (QED) is 0.872. The average molecular weight is 290 g/mol. The molecule has 0 unspecified atom stereocenters. The van der Waals surface area contributed by atoms with Crippen LogP contribution >= 0.6 is 11.3 Å². The van der Waals surface area contributed by atoms with Crippen molar-refractivity contribution < 1.29 is 8.42 Å². The van der Waals surface area contributed by atoms with E-state index in [9.17, 15) is 8.42 Å². The topological polar surface area (TPSA) is 98.0 Å². The fourth-order valence-electron chi connectivity index (χ4n) is 2.24. The molecule has 1 aliphatic rings. The van der Waals surface area contributed by atoms with Crippen LogP contribution in [-0.4, -0.2) is 25.2 Å². The molecule has 0 aliphatic heterocycles. The van der Waals surface area contributed by atoms with Gasteiger partial charge in [-0.15, -0.1) is 10.2 Å². The van der Waals surface area contributed by atoms with Crippen LogP contribution in [0.1, 0.15) is 39.0 Å². The van der Waals surface area contributed by atoms with Crippen molar-refractivity contribution in [1.29, 1.82) is 0 Å². The molecule has 1 saturated carbocycles. The monoisotopic (exact) mass is 290 g/mol. The summed E-state index contributed by atoms with van der Waals surface area (Å²) in [4.78, 5) is 0. The van der Waals surface area contributed by atoms with Crippen LogP contribution in [0.4, 0.5) is 5.13 Å². The van der Waals surface area contributed by atoms with Crippen LogP contribution in [0, 0.1) is 5.41 Å². The van der Waals surface area contributed by atoms with E-state index in [0.29, 0.717) is 6.54 Å². The number of sulfonamides is 1. The summed E-state index contributed by atoms with van der Waals surface area (Å²) in [7, 11) is -3.56. The Morgan fingerprint density at radius 2 is 2.00 bits per heavy atom. The highest BCUT2D eigenvalue weighted by atomic mass is 32.2. The van der Waals surface area contributed by atoms with E-state index in [2.05, 4.69) is 21.8 Å². The second-order valence-corrected chi connectivity index (χ2v) is 8.05. The zero-order chi connectivity index (χ0) is 13.2. The molecular weight excluding hydrogens is 272 g/mol. The van der Waals surface area contributed by atoms with Crippen LogP contribution in [0.3, 0.4) is 0 Å². The smallest absolute Gasteiger partial charge is 0.269 e. The molecule has 2 rings (SSSR count). The van der Waals surface area contributed by atoms with E-state index in [0.717, 1.165) is 24.2 Å². The van der Waals surface area contributed by atoms with Gasteiger partial charge in [0.15, 0.2) is 0 Å². The van der Waals surface area contributed by atoms with Crippen molar-refractivity contribution in [3.05, 3.63) is 0 Å². The molecule has 3 N–H and O–H groups in total. The van der Waals surface area contributed by atoms with Gasteiger partial charge in [-0.1, -0.05) is 37.5 Å². The molecule has 1 aromatic heterocycles. The normalized spacial score (nSPS) is 19.8. The average Bonchev–Trinajstić information content (AvgIpc) is 2.76. The molecule has 8 heteroatoms. The van der Waals surface area contributed by atoms with Crippen molar-refractivity contribution in [2.45, 2.75) is 43.4 Å². The van der Waals surface area contributed by atoms with Gasteiger partial charge in [0.05, 0.1) is 0 Å². The predicted molar refractivity (Wildman–Crippen MR) is 70.7 cm³/mol. The van der Waals surface area contributed by atoms with Gasteiger partial charge in [-0.2, -0.15) is 0 Å². The zero-order valence-corrected chi connectivity index (χ0v) is 12.0. The first-order valence-corrected chi connectivity index (χ1v) is 8.30. The molecule has 102 valence electrons. The first kappa shape index (κ1) is 13.7. The number of nitrogens with zero attached hydrogens (tertiary/aromatic N) is 2. The lowest BCUT2D eigenvalue weighted by atomic mass is 9.76. The molecule has 6 nitrogen and oxygen atoms in total. The maximum Gasteiger partial charge on any atom is 0.269 e. The second kappa shape index (κ2) is 5.10. The molecular formula is C10H18N4O2S2. The number of nitrogens with one attached hydrogen (secondary N) is 1. The van der Waals surface area contributed by atoms with Gasteiger partial charge >= 0.3 is 0 Å². The lowest BCUT2D eigenvalue weighted by molar-refractivity contribution is 0.219. The summed E-state index contributed by atoms with van der Waals surface area (Å²) in [6.45, 7) is 2.58. The number of nitrogen functional groups attached to an aromatic ring is 1. The number of hydrogen-bond donors (Lipinski definition) is 2. The van der Waals surface area contributed by atoms with E-state index >= 15 is 0 Å². The third kappa shape index (κ3) is 3.18. The summed E-state index contributed by atoms with van der Waals surface area (Å²) in [6, 6.07) is 0. The summed E-state index contributed by atoms with van der Waals surface area (Å²) in [5, 5.41) is 7.26. The standard InChI is InChI=1S/C10H18N4O2S2/c1-10(5-3-2-4-6-10)7-12-18(15,16)9-14-13-8(11)17-9/h12H,2-7H2,1H3,(H2,11,13). The van der Waals surface area contributed by atoms with Gasteiger partial charge in [-0.3, -0.25) is 0 Å². The van der Waals surface area contributed by atoms with Crippen LogP contribution in [0.15, 0.2) is 4.34 Å². The van der Waals surface area contributed by atoms with Crippen molar-refractivity contribution in [1.82, 2.24) is 14.9 Å². The van der Waals surface area contributed by atoms with Crippen LogP contribution in [-0.2, 0) is 10.0 Å². The van der Waals surface area contributed by atoms with Crippen LogP contribution in [0.2, 0.25) is 0 Å². The van der Waals surface area contributed by atoms with Crippen molar-refractivity contribution >= 4 is 26.5 Å². The van der Waals surface area contributed by atoms with Crippen molar-refractivity contribution in [3.8, 4) is 0 Å². The molecule has 0 spiro atoms. The Balaban J connectivity index is 2.01. The fraction of sp³-hybridized carbons (Fsp3) is 0.800. The molecule has 1 heterocycles. The van der Waals surface area contributed by atoms with Gasteiger partial charge in [-0.05, 0) is 18.3 Å². The minimum atomic E-state index is -3.56. The lowest BCUT2D eigenvalue weighted by Crippen LogP contribution is -2.37. The number of rotatable bonds is 4. The van der Waals surface area contributed by atoms with Gasteiger partial charge in [-0.25, -0.2) is 13.1 Å². The van der Waals surface area contributed by atoms with Gasteiger partial charge in [0.2, 0.25) is 9.47 Å². The Kier molecular flexibility index (Phi) is 3.88. The molecule has 0 atom stereocenters. The summed E-state index contributed by atoms with van der Waals surface area (Å²) < 4.78 is 26.5. The molecule has 0 aromatic carbocycles.